The Kier molecular flexibility index (Phi) is 4.53. The van der Waals surface area contributed by atoms with Crippen molar-refractivity contribution in [2.45, 2.75) is 13.5 Å². The number of hydrogen-bond acceptors (Lipinski definition) is 4. The molecule has 2 aromatic carbocycles. The summed E-state index contributed by atoms with van der Waals surface area (Å²) in [6, 6.07) is 12.6. The van der Waals surface area contributed by atoms with Gasteiger partial charge >= 0.3 is 0 Å². The van der Waals surface area contributed by atoms with Gasteiger partial charge in [0, 0.05) is 10.6 Å². The van der Waals surface area contributed by atoms with Crippen molar-refractivity contribution in [1.29, 1.82) is 0 Å². The first kappa shape index (κ1) is 16.1. The molecule has 1 aromatic heterocycles. The summed E-state index contributed by atoms with van der Waals surface area (Å²) in [6.07, 6.45) is 1.52. The molecule has 0 aliphatic heterocycles. The molecule has 0 unspecified atom stereocenters. The fourth-order valence-corrected chi connectivity index (χ4v) is 2.35. The summed E-state index contributed by atoms with van der Waals surface area (Å²) in [5.74, 6) is 0.264. The number of carbonyl (C=O) groups excluding carboxylic acids is 1. The van der Waals surface area contributed by atoms with Gasteiger partial charge in [0.1, 0.15) is 24.3 Å². The van der Waals surface area contributed by atoms with E-state index in [1.807, 2.05) is 31.2 Å². The fraction of sp³-hybridized carbons (Fsp3) is 0.111. The minimum absolute atomic E-state index is 0.150. The topological polar surface area (TPSA) is 78.4 Å². The summed E-state index contributed by atoms with van der Waals surface area (Å²) in [7, 11) is 0. The molecule has 0 spiro atoms. The zero-order valence-corrected chi connectivity index (χ0v) is 13.7. The first-order valence-corrected chi connectivity index (χ1v) is 7.64. The summed E-state index contributed by atoms with van der Waals surface area (Å²) >= 11 is 5.87. The lowest BCUT2D eigenvalue weighted by atomic mass is 10.1. The van der Waals surface area contributed by atoms with E-state index in [0.717, 1.165) is 11.1 Å². The Hall–Kier alpha value is -2.79. The van der Waals surface area contributed by atoms with Crippen LogP contribution >= 0.6 is 11.6 Å². The van der Waals surface area contributed by atoms with Crippen molar-refractivity contribution in [2.24, 2.45) is 5.73 Å². The van der Waals surface area contributed by atoms with E-state index in [1.165, 1.54) is 12.3 Å². The number of aryl methyl sites for hydroxylation is 1. The average molecular weight is 343 g/mol. The lowest BCUT2D eigenvalue weighted by Gasteiger charge is -2.08. The molecule has 0 radical (unpaired) electrons. The van der Waals surface area contributed by atoms with Gasteiger partial charge in [-0.15, -0.1) is 0 Å². The van der Waals surface area contributed by atoms with Gasteiger partial charge in [0.15, 0.2) is 0 Å². The van der Waals surface area contributed by atoms with Crippen LogP contribution in [0.5, 0.6) is 5.75 Å². The van der Waals surface area contributed by atoms with E-state index in [9.17, 15) is 4.79 Å². The molecule has 24 heavy (non-hydrogen) atoms. The van der Waals surface area contributed by atoms with Crippen molar-refractivity contribution in [3.05, 3.63) is 70.6 Å². The standard InChI is InChI=1S/C18H15ClN2O3/c1-11-2-4-12(5-3-11)18-21-14(10-24-18)9-23-16-7-6-13(19)8-15(16)17(20)22/h2-8,10H,9H2,1H3,(H2,20,22). The fourth-order valence-electron chi connectivity index (χ4n) is 2.17. The monoisotopic (exact) mass is 342 g/mol. The van der Waals surface area contributed by atoms with Crippen LogP contribution in [0.1, 0.15) is 21.6 Å². The van der Waals surface area contributed by atoms with Crippen molar-refractivity contribution in [2.75, 3.05) is 0 Å². The molecule has 0 aliphatic carbocycles. The lowest BCUT2D eigenvalue weighted by Crippen LogP contribution is -2.13. The number of rotatable bonds is 5. The molecule has 6 heteroatoms. The predicted molar refractivity (Wildman–Crippen MR) is 91.0 cm³/mol. The van der Waals surface area contributed by atoms with Gasteiger partial charge < -0.3 is 14.9 Å². The van der Waals surface area contributed by atoms with Crippen LogP contribution in [0.25, 0.3) is 11.5 Å². The molecule has 1 heterocycles. The third-order valence-corrected chi connectivity index (χ3v) is 3.67. The number of nitrogens with zero attached hydrogens (tertiary/aromatic N) is 1. The maximum absolute atomic E-state index is 11.5. The predicted octanol–water partition coefficient (Wildman–Crippen LogP) is 3.98. The maximum Gasteiger partial charge on any atom is 0.252 e. The van der Waals surface area contributed by atoms with E-state index in [1.54, 1.807) is 12.1 Å². The molecule has 0 saturated heterocycles. The minimum Gasteiger partial charge on any atom is -0.486 e. The molecular formula is C18H15ClN2O3. The minimum atomic E-state index is -0.604. The normalized spacial score (nSPS) is 10.6. The van der Waals surface area contributed by atoms with Gasteiger partial charge in [0.25, 0.3) is 5.91 Å². The number of carbonyl (C=O) groups is 1. The molecule has 0 saturated carbocycles. The molecule has 1 amide bonds. The zero-order chi connectivity index (χ0) is 17.1. The molecule has 5 nitrogen and oxygen atoms in total. The molecule has 3 rings (SSSR count). The van der Waals surface area contributed by atoms with Crippen LogP contribution in [0.4, 0.5) is 0 Å². The highest BCUT2D eigenvalue weighted by atomic mass is 35.5. The first-order valence-electron chi connectivity index (χ1n) is 7.26. The summed E-state index contributed by atoms with van der Waals surface area (Å²) in [5.41, 5.74) is 8.21. The summed E-state index contributed by atoms with van der Waals surface area (Å²) in [5, 5.41) is 0.416. The number of nitrogens with two attached hydrogens (primary N) is 1. The smallest absolute Gasteiger partial charge is 0.252 e. The van der Waals surface area contributed by atoms with Gasteiger partial charge in [0.05, 0.1) is 5.56 Å². The first-order chi connectivity index (χ1) is 11.5. The third kappa shape index (κ3) is 3.58. The van der Waals surface area contributed by atoms with Crippen LogP contribution in [-0.4, -0.2) is 10.9 Å². The quantitative estimate of drug-likeness (QED) is 0.760. The van der Waals surface area contributed by atoms with Crippen molar-refractivity contribution in [1.82, 2.24) is 4.98 Å². The molecule has 0 aliphatic rings. The van der Waals surface area contributed by atoms with Crippen LogP contribution in [0.2, 0.25) is 5.02 Å². The second-order valence-corrected chi connectivity index (χ2v) is 5.74. The van der Waals surface area contributed by atoms with Gasteiger partial charge in [0.2, 0.25) is 5.89 Å². The Morgan fingerprint density at radius 2 is 2.00 bits per heavy atom. The highest BCUT2D eigenvalue weighted by Crippen LogP contribution is 2.24. The van der Waals surface area contributed by atoms with Gasteiger partial charge in [-0.25, -0.2) is 4.98 Å². The Labute approximate surface area is 144 Å². The Balaban J connectivity index is 1.74. The van der Waals surface area contributed by atoms with Crippen molar-refractivity contribution >= 4 is 17.5 Å². The van der Waals surface area contributed by atoms with Crippen molar-refractivity contribution < 1.29 is 13.9 Å². The second kappa shape index (κ2) is 6.76. The molecule has 3 aromatic rings. The van der Waals surface area contributed by atoms with Crippen LogP contribution in [0.3, 0.4) is 0 Å². The number of aromatic nitrogens is 1. The van der Waals surface area contributed by atoms with E-state index >= 15 is 0 Å². The van der Waals surface area contributed by atoms with Crippen molar-refractivity contribution in [3.8, 4) is 17.2 Å². The van der Waals surface area contributed by atoms with Crippen LogP contribution in [-0.2, 0) is 6.61 Å². The van der Waals surface area contributed by atoms with E-state index in [-0.39, 0.29) is 12.2 Å². The Morgan fingerprint density at radius 1 is 1.25 bits per heavy atom. The number of hydrogen-bond donors (Lipinski definition) is 1. The summed E-state index contributed by atoms with van der Waals surface area (Å²) < 4.78 is 11.1. The maximum atomic E-state index is 11.5. The van der Waals surface area contributed by atoms with E-state index in [4.69, 9.17) is 26.5 Å². The second-order valence-electron chi connectivity index (χ2n) is 5.30. The van der Waals surface area contributed by atoms with E-state index in [0.29, 0.717) is 22.4 Å². The average Bonchev–Trinajstić information content (AvgIpc) is 3.03. The molecule has 0 atom stereocenters. The van der Waals surface area contributed by atoms with Crippen LogP contribution in [0.15, 0.2) is 53.1 Å². The number of ether oxygens (including phenoxy) is 1. The molecule has 0 bridgehead atoms. The van der Waals surface area contributed by atoms with Crippen molar-refractivity contribution in [3.63, 3.8) is 0 Å². The lowest BCUT2D eigenvalue weighted by molar-refractivity contribution is 0.0996. The highest BCUT2D eigenvalue weighted by molar-refractivity contribution is 6.31. The Morgan fingerprint density at radius 3 is 2.71 bits per heavy atom. The number of halogens is 1. The molecular weight excluding hydrogens is 328 g/mol. The van der Waals surface area contributed by atoms with E-state index < -0.39 is 5.91 Å². The van der Waals surface area contributed by atoms with Gasteiger partial charge in [-0.05, 0) is 37.3 Å². The summed E-state index contributed by atoms with van der Waals surface area (Å²) in [4.78, 5) is 15.8. The molecule has 2 N–H and O–H groups in total. The largest absolute Gasteiger partial charge is 0.486 e. The third-order valence-electron chi connectivity index (χ3n) is 3.43. The van der Waals surface area contributed by atoms with Gasteiger partial charge in [-0.3, -0.25) is 4.79 Å². The summed E-state index contributed by atoms with van der Waals surface area (Å²) in [6.45, 7) is 2.17. The number of benzene rings is 2. The Bertz CT molecular complexity index is 872. The highest BCUT2D eigenvalue weighted by Gasteiger charge is 2.12. The molecule has 0 fully saturated rings. The number of primary amides is 1. The molecule has 122 valence electrons. The SMILES string of the molecule is Cc1ccc(-c2nc(COc3ccc(Cl)cc3C(N)=O)co2)cc1. The van der Waals surface area contributed by atoms with E-state index in [2.05, 4.69) is 4.98 Å². The zero-order valence-electron chi connectivity index (χ0n) is 13.0. The van der Waals surface area contributed by atoms with Crippen LogP contribution in [0, 0.1) is 6.92 Å². The van der Waals surface area contributed by atoms with Gasteiger partial charge in [-0.1, -0.05) is 29.3 Å². The number of amides is 1. The van der Waals surface area contributed by atoms with Gasteiger partial charge in [-0.2, -0.15) is 0 Å². The number of oxazole rings is 1. The van der Waals surface area contributed by atoms with Crippen LogP contribution < -0.4 is 10.5 Å².